The van der Waals surface area contributed by atoms with Crippen LogP contribution in [-0.2, 0) is 13.1 Å². The average molecular weight is 229 g/mol. The number of anilines is 1. The Kier molecular flexibility index (Phi) is 3.62. The molecule has 0 saturated heterocycles. The molecular formula is C12H15N5. The van der Waals surface area contributed by atoms with Gasteiger partial charge in [0.1, 0.15) is 5.82 Å². The van der Waals surface area contributed by atoms with Crippen molar-refractivity contribution in [3.63, 3.8) is 0 Å². The molecule has 0 aliphatic rings. The monoisotopic (exact) mass is 229 g/mol. The molecule has 0 radical (unpaired) electrons. The first kappa shape index (κ1) is 11.5. The summed E-state index contributed by atoms with van der Waals surface area (Å²) in [5.74, 6) is 0.832. The molecule has 0 spiro atoms. The van der Waals surface area contributed by atoms with E-state index >= 15 is 0 Å². The van der Waals surface area contributed by atoms with Gasteiger partial charge in [-0.2, -0.15) is 0 Å². The zero-order valence-electron chi connectivity index (χ0n) is 9.74. The van der Waals surface area contributed by atoms with E-state index in [9.17, 15) is 0 Å². The highest BCUT2D eigenvalue weighted by molar-refractivity contribution is 5.35. The minimum Gasteiger partial charge on any atom is -0.354 e. The molecule has 5 nitrogen and oxygen atoms in total. The largest absolute Gasteiger partial charge is 0.354 e. The van der Waals surface area contributed by atoms with E-state index in [-0.39, 0.29) is 0 Å². The highest BCUT2D eigenvalue weighted by atomic mass is 15.2. The second-order valence-corrected chi connectivity index (χ2v) is 3.78. The fourth-order valence-electron chi connectivity index (χ4n) is 1.49. The van der Waals surface area contributed by atoms with Gasteiger partial charge in [0.05, 0.1) is 18.1 Å². The molecule has 0 fully saturated rings. The van der Waals surface area contributed by atoms with Crippen LogP contribution >= 0.6 is 0 Å². The van der Waals surface area contributed by atoms with Crippen molar-refractivity contribution in [2.24, 2.45) is 5.73 Å². The molecule has 2 heterocycles. The molecule has 2 rings (SSSR count). The molecule has 0 bridgehead atoms. The predicted octanol–water partition coefficient (Wildman–Crippen LogP) is 0.967. The average Bonchev–Trinajstić information content (AvgIpc) is 2.40. The van der Waals surface area contributed by atoms with Crippen molar-refractivity contribution in [3.05, 3.63) is 48.2 Å². The van der Waals surface area contributed by atoms with Crippen molar-refractivity contribution < 1.29 is 0 Å². The van der Waals surface area contributed by atoms with Crippen LogP contribution in [0.25, 0.3) is 0 Å². The van der Waals surface area contributed by atoms with Gasteiger partial charge in [-0.05, 0) is 17.7 Å². The molecule has 88 valence electrons. The molecule has 17 heavy (non-hydrogen) atoms. The lowest BCUT2D eigenvalue weighted by Crippen LogP contribution is -2.18. The Bertz CT molecular complexity index is 454. The Hall–Kier alpha value is -2.01. The van der Waals surface area contributed by atoms with Crippen molar-refractivity contribution in [2.45, 2.75) is 13.1 Å². The molecule has 0 aliphatic heterocycles. The lowest BCUT2D eigenvalue weighted by molar-refractivity contribution is 0.872. The van der Waals surface area contributed by atoms with E-state index in [0.717, 1.165) is 18.1 Å². The summed E-state index contributed by atoms with van der Waals surface area (Å²) in [4.78, 5) is 14.5. The molecule has 0 aromatic carbocycles. The normalized spacial score (nSPS) is 10.2. The number of nitrogens with zero attached hydrogens (tertiary/aromatic N) is 4. The second-order valence-electron chi connectivity index (χ2n) is 3.78. The third kappa shape index (κ3) is 2.98. The van der Waals surface area contributed by atoms with Gasteiger partial charge in [-0.25, -0.2) is 4.98 Å². The van der Waals surface area contributed by atoms with E-state index < -0.39 is 0 Å². The van der Waals surface area contributed by atoms with Gasteiger partial charge in [-0.15, -0.1) is 0 Å². The summed E-state index contributed by atoms with van der Waals surface area (Å²) in [5, 5.41) is 0. The first-order valence-electron chi connectivity index (χ1n) is 5.40. The smallest absolute Gasteiger partial charge is 0.147 e. The number of aromatic nitrogens is 3. The number of hydrogen-bond donors (Lipinski definition) is 1. The zero-order valence-corrected chi connectivity index (χ0v) is 9.74. The van der Waals surface area contributed by atoms with Gasteiger partial charge in [-0.3, -0.25) is 9.97 Å². The minimum atomic E-state index is 0.418. The highest BCUT2D eigenvalue weighted by Crippen LogP contribution is 2.10. The molecule has 2 aromatic rings. The van der Waals surface area contributed by atoms with Gasteiger partial charge in [0, 0.05) is 32.5 Å². The first-order chi connectivity index (χ1) is 8.29. The third-order valence-electron chi connectivity index (χ3n) is 2.46. The van der Waals surface area contributed by atoms with Crippen molar-refractivity contribution >= 4 is 5.82 Å². The fourth-order valence-corrected chi connectivity index (χ4v) is 1.49. The van der Waals surface area contributed by atoms with Crippen molar-refractivity contribution in [1.29, 1.82) is 0 Å². The van der Waals surface area contributed by atoms with Crippen molar-refractivity contribution in [3.8, 4) is 0 Å². The summed E-state index contributed by atoms with van der Waals surface area (Å²) in [6.07, 6.45) is 7.01. The highest BCUT2D eigenvalue weighted by Gasteiger charge is 2.03. The minimum absolute atomic E-state index is 0.418. The molecule has 2 aromatic heterocycles. The topological polar surface area (TPSA) is 67.9 Å². The Morgan fingerprint density at radius 2 is 1.94 bits per heavy atom. The quantitative estimate of drug-likeness (QED) is 0.846. The van der Waals surface area contributed by atoms with E-state index in [1.165, 1.54) is 5.56 Å². The van der Waals surface area contributed by atoms with Crippen LogP contribution in [0.1, 0.15) is 11.3 Å². The number of nitrogens with two attached hydrogens (primary N) is 1. The van der Waals surface area contributed by atoms with Crippen LogP contribution in [0.5, 0.6) is 0 Å². The Morgan fingerprint density at radius 1 is 1.18 bits per heavy atom. The summed E-state index contributed by atoms with van der Waals surface area (Å²) >= 11 is 0. The zero-order chi connectivity index (χ0) is 12.1. The molecule has 0 aliphatic carbocycles. The SMILES string of the molecule is CN(Cc1ccncc1)c1cnc(CN)cn1. The van der Waals surface area contributed by atoms with Gasteiger partial charge in [0.2, 0.25) is 0 Å². The molecule has 0 amide bonds. The van der Waals surface area contributed by atoms with Crippen LogP contribution in [0.4, 0.5) is 5.82 Å². The van der Waals surface area contributed by atoms with E-state index in [1.54, 1.807) is 24.8 Å². The van der Waals surface area contributed by atoms with Crippen LogP contribution in [0.3, 0.4) is 0 Å². The summed E-state index contributed by atoms with van der Waals surface area (Å²) in [7, 11) is 1.98. The molecule has 0 unspecified atom stereocenters. The Labute approximate surface area is 100 Å². The Balaban J connectivity index is 2.06. The van der Waals surface area contributed by atoms with Crippen LogP contribution in [0, 0.1) is 0 Å². The first-order valence-corrected chi connectivity index (χ1v) is 5.40. The van der Waals surface area contributed by atoms with Crippen LogP contribution in [-0.4, -0.2) is 22.0 Å². The van der Waals surface area contributed by atoms with Crippen LogP contribution < -0.4 is 10.6 Å². The van der Waals surface area contributed by atoms with Crippen molar-refractivity contribution in [2.75, 3.05) is 11.9 Å². The number of hydrogen-bond acceptors (Lipinski definition) is 5. The summed E-state index contributed by atoms with van der Waals surface area (Å²) in [6.45, 7) is 1.19. The van der Waals surface area contributed by atoms with Crippen LogP contribution in [0.2, 0.25) is 0 Å². The number of rotatable bonds is 4. The lowest BCUT2D eigenvalue weighted by atomic mass is 10.2. The van der Waals surface area contributed by atoms with Gasteiger partial charge in [0.25, 0.3) is 0 Å². The van der Waals surface area contributed by atoms with Crippen LogP contribution in [0.15, 0.2) is 36.9 Å². The van der Waals surface area contributed by atoms with Crippen molar-refractivity contribution in [1.82, 2.24) is 15.0 Å². The standard InChI is InChI=1S/C12H15N5/c1-17(9-10-2-4-14-5-3-10)12-8-15-11(6-13)7-16-12/h2-5,7-8H,6,9,13H2,1H3. The third-order valence-corrected chi connectivity index (χ3v) is 2.46. The second kappa shape index (κ2) is 5.36. The summed E-state index contributed by atoms with van der Waals surface area (Å²) < 4.78 is 0. The maximum absolute atomic E-state index is 5.48. The molecule has 2 N–H and O–H groups in total. The van der Waals surface area contributed by atoms with E-state index in [2.05, 4.69) is 15.0 Å². The molecular weight excluding hydrogens is 214 g/mol. The Morgan fingerprint density at radius 3 is 2.53 bits per heavy atom. The summed E-state index contributed by atoms with van der Waals surface area (Å²) in [5.41, 5.74) is 7.46. The maximum atomic E-state index is 5.48. The maximum Gasteiger partial charge on any atom is 0.147 e. The van der Waals surface area contributed by atoms with E-state index in [0.29, 0.717) is 6.54 Å². The van der Waals surface area contributed by atoms with Gasteiger partial charge >= 0.3 is 0 Å². The lowest BCUT2D eigenvalue weighted by Gasteiger charge is -2.17. The molecule has 0 saturated carbocycles. The van der Waals surface area contributed by atoms with E-state index in [1.807, 2.05) is 24.1 Å². The van der Waals surface area contributed by atoms with Gasteiger partial charge in [0.15, 0.2) is 0 Å². The van der Waals surface area contributed by atoms with E-state index in [4.69, 9.17) is 5.73 Å². The number of pyridine rings is 1. The molecule has 5 heteroatoms. The predicted molar refractivity (Wildman–Crippen MR) is 66.3 cm³/mol. The molecule has 0 atom stereocenters. The summed E-state index contributed by atoms with van der Waals surface area (Å²) in [6, 6.07) is 3.97. The van der Waals surface area contributed by atoms with Gasteiger partial charge in [-0.1, -0.05) is 0 Å². The fraction of sp³-hybridized carbons (Fsp3) is 0.250. The van der Waals surface area contributed by atoms with Gasteiger partial charge < -0.3 is 10.6 Å².